The van der Waals surface area contributed by atoms with Crippen LogP contribution >= 0.6 is 0 Å². The second-order valence-corrected chi connectivity index (χ2v) is 8.61. The fourth-order valence-electron chi connectivity index (χ4n) is 3.78. The number of hydrogen-bond acceptors (Lipinski definition) is 0. The first-order chi connectivity index (χ1) is 15.5. The predicted octanol–water partition coefficient (Wildman–Crippen LogP) is 7.78. The van der Waals surface area contributed by atoms with E-state index in [0.717, 1.165) is 25.7 Å². The predicted molar refractivity (Wildman–Crippen MR) is 141 cm³/mol. The molecule has 0 nitrogen and oxygen atoms in total. The Bertz CT molecular complexity index is 843. The summed E-state index contributed by atoms with van der Waals surface area (Å²) in [7, 11) is 0. The quantitative estimate of drug-likeness (QED) is 0.208. The highest BCUT2D eigenvalue weighted by Crippen LogP contribution is 2.37. The molecular formula is C32H42. The Morgan fingerprint density at radius 2 is 0.844 bits per heavy atom. The van der Waals surface area contributed by atoms with Crippen LogP contribution in [0.25, 0.3) is 0 Å². The molecule has 0 N–H and O–H groups in total. The summed E-state index contributed by atoms with van der Waals surface area (Å²) in [6, 6.07) is 0. The van der Waals surface area contributed by atoms with Crippen LogP contribution in [0.4, 0.5) is 0 Å². The van der Waals surface area contributed by atoms with E-state index in [0.29, 0.717) is 0 Å². The SMILES string of the molecule is CC#CC#CC(C)(C#CC#CC)CCCCC(C#CC#CC)(CCCCC)CCCCC. The van der Waals surface area contributed by atoms with Gasteiger partial charge in [0.15, 0.2) is 0 Å². The third-order valence-corrected chi connectivity index (χ3v) is 5.67. The largest absolute Gasteiger partial charge is 0.0925 e. The lowest BCUT2D eigenvalue weighted by Gasteiger charge is -2.29. The van der Waals surface area contributed by atoms with Gasteiger partial charge in [0.2, 0.25) is 0 Å². The van der Waals surface area contributed by atoms with Crippen LogP contribution in [0, 0.1) is 81.9 Å². The highest BCUT2D eigenvalue weighted by Gasteiger charge is 2.27. The highest BCUT2D eigenvalue weighted by molar-refractivity contribution is 5.37. The molecule has 0 bridgehead atoms. The Balaban J connectivity index is 5.42. The van der Waals surface area contributed by atoms with Gasteiger partial charge in [-0.3, -0.25) is 0 Å². The minimum Gasteiger partial charge on any atom is -0.0925 e. The maximum atomic E-state index is 3.62. The van der Waals surface area contributed by atoms with Gasteiger partial charge in [0.25, 0.3) is 0 Å². The van der Waals surface area contributed by atoms with E-state index in [4.69, 9.17) is 0 Å². The van der Waals surface area contributed by atoms with Crippen molar-refractivity contribution in [3.63, 3.8) is 0 Å². The molecule has 0 aliphatic heterocycles. The van der Waals surface area contributed by atoms with E-state index >= 15 is 0 Å². The van der Waals surface area contributed by atoms with Crippen LogP contribution in [0.5, 0.6) is 0 Å². The third kappa shape index (κ3) is 14.4. The highest BCUT2D eigenvalue weighted by atomic mass is 14.3. The minimum atomic E-state index is -0.375. The summed E-state index contributed by atoms with van der Waals surface area (Å²) in [6.45, 7) is 12.1. The van der Waals surface area contributed by atoms with E-state index in [-0.39, 0.29) is 10.8 Å². The average molecular weight is 427 g/mol. The molecule has 0 aliphatic rings. The van der Waals surface area contributed by atoms with Gasteiger partial charge in [-0.2, -0.15) is 0 Å². The summed E-state index contributed by atoms with van der Waals surface area (Å²) >= 11 is 0. The molecule has 0 aromatic rings. The van der Waals surface area contributed by atoms with Crippen LogP contribution < -0.4 is 0 Å². The normalized spacial score (nSPS) is 9.56. The molecule has 32 heavy (non-hydrogen) atoms. The van der Waals surface area contributed by atoms with E-state index < -0.39 is 0 Å². The Kier molecular flexibility index (Phi) is 17.5. The Morgan fingerprint density at radius 1 is 0.469 bits per heavy atom. The first-order valence-corrected chi connectivity index (χ1v) is 12.3. The van der Waals surface area contributed by atoms with Gasteiger partial charge in [-0.05, 0) is 88.9 Å². The molecule has 0 radical (unpaired) electrons. The van der Waals surface area contributed by atoms with Crippen molar-refractivity contribution >= 4 is 0 Å². The van der Waals surface area contributed by atoms with Crippen molar-refractivity contribution in [1.29, 1.82) is 0 Å². The molecule has 0 saturated carbocycles. The zero-order valence-corrected chi connectivity index (χ0v) is 21.5. The van der Waals surface area contributed by atoms with E-state index in [1.807, 2.05) is 6.92 Å². The van der Waals surface area contributed by atoms with Gasteiger partial charge in [0, 0.05) is 5.41 Å². The van der Waals surface area contributed by atoms with Gasteiger partial charge in [0.1, 0.15) is 0 Å². The average Bonchev–Trinajstić information content (AvgIpc) is 2.78. The monoisotopic (exact) mass is 426 g/mol. The summed E-state index contributed by atoms with van der Waals surface area (Å²) in [4.78, 5) is 0. The van der Waals surface area contributed by atoms with Crippen LogP contribution in [-0.2, 0) is 0 Å². The van der Waals surface area contributed by atoms with Crippen molar-refractivity contribution in [2.75, 3.05) is 0 Å². The lowest BCUT2D eigenvalue weighted by molar-refractivity contribution is 0.277. The smallest absolute Gasteiger partial charge is 0.0911 e. The van der Waals surface area contributed by atoms with E-state index in [2.05, 4.69) is 91.8 Å². The first kappa shape index (κ1) is 29.4. The van der Waals surface area contributed by atoms with Crippen LogP contribution in [0.1, 0.15) is 119 Å². The summed E-state index contributed by atoms with van der Waals surface area (Å²) in [5, 5.41) is 0. The van der Waals surface area contributed by atoms with Crippen LogP contribution in [0.2, 0.25) is 0 Å². The number of unbranched alkanes of at least 4 members (excludes halogenated alkanes) is 5. The third-order valence-electron chi connectivity index (χ3n) is 5.67. The molecule has 0 atom stereocenters. The van der Waals surface area contributed by atoms with Crippen LogP contribution in [0.3, 0.4) is 0 Å². The molecule has 0 aromatic carbocycles. The zero-order valence-electron chi connectivity index (χ0n) is 21.5. The van der Waals surface area contributed by atoms with Gasteiger partial charge in [-0.15, -0.1) is 0 Å². The van der Waals surface area contributed by atoms with Crippen molar-refractivity contribution in [3.8, 4) is 71.0 Å². The molecule has 0 rings (SSSR count). The van der Waals surface area contributed by atoms with E-state index in [9.17, 15) is 0 Å². The fraction of sp³-hybridized carbons (Fsp3) is 0.625. The summed E-state index contributed by atoms with van der Waals surface area (Å²) in [5.41, 5.74) is -0.288. The molecule has 0 saturated heterocycles. The molecule has 0 aliphatic carbocycles. The van der Waals surface area contributed by atoms with E-state index in [1.165, 1.54) is 51.4 Å². The molecule has 0 aromatic heterocycles. The second kappa shape index (κ2) is 19.1. The molecular weight excluding hydrogens is 384 g/mol. The Labute approximate surface area is 200 Å². The van der Waals surface area contributed by atoms with Crippen LogP contribution in [-0.4, -0.2) is 0 Å². The first-order valence-electron chi connectivity index (χ1n) is 12.3. The van der Waals surface area contributed by atoms with Gasteiger partial charge < -0.3 is 0 Å². The van der Waals surface area contributed by atoms with Crippen molar-refractivity contribution in [1.82, 2.24) is 0 Å². The summed E-state index contributed by atoms with van der Waals surface area (Å²) in [6.07, 6.45) is 14.1. The lowest BCUT2D eigenvalue weighted by Crippen LogP contribution is -2.20. The number of rotatable bonds is 13. The molecule has 0 fully saturated rings. The Hall–Kier alpha value is -2.64. The lowest BCUT2D eigenvalue weighted by atomic mass is 9.74. The van der Waals surface area contributed by atoms with Crippen molar-refractivity contribution in [2.45, 2.75) is 119 Å². The maximum absolute atomic E-state index is 3.62. The molecule has 0 unspecified atom stereocenters. The van der Waals surface area contributed by atoms with Gasteiger partial charge in [-0.1, -0.05) is 101 Å². The topological polar surface area (TPSA) is 0 Å². The van der Waals surface area contributed by atoms with Crippen molar-refractivity contribution in [2.24, 2.45) is 10.8 Å². The van der Waals surface area contributed by atoms with Crippen molar-refractivity contribution < 1.29 is 0 Å². The standard InChI is InChI=1S/C32H42/c1-7-12-17-24-31(6,25-18-13-8-2)26-22-23-30-32(27-19-14-9-3,28-20-15-10-4)29-21-16-11-5/h9-10,14-15,19-20,22-23,26-28,30H2,1-6H3. The van der Waals surface area contributed by atoms with Crippen molar-refractivity contribution in [3.05, 3.63) is 0 Å². The molecule has 0 heterocycles. The van der Waals surface area contributed by atoms with Crippen LogP contribution in [0.15, 0.2) is 0 Å². The zero-order chi connectivity index (χ0) is 24.0. The fourth-order valence-corrected chi connectivity index (χ4v) is 3.78. The number of hydrogen-bond donors (Lipinski definition) is 0. The molecule has 0 heteroatoms. The summed E-state index contributed by atoms with van der Waals surface area (Å²) < 4.78 is 0. The summed E-state index contributed by atoms with van der Waals surface area (Å²) in [5.74, 6) is 36.5. The van der Waals surface area contributed by atoms with Gasteiger partial charge in [-0.25, -0.2) is 0 Å². The Morgan fingerprint density at radius 3 is 1.25 bits per heavy atom. The minimum absolute atomic E-state index is 0.0866. The van der Waals surface area contributed by atoms with Gasteiger partial charge >= 0.3 is 0 Å². The van der Waals surface area contributed by atoms with E-state index in [1.54, 1.807) is 13.8 Å². The van der Waals surface area contributed by atoms with Gasteiger partial charge in [0.05, 0.1) is 5.41 Å². The molecule has 0 spiro atoms. The molecule has 0 amide bonds. The molecule has 170 valence electrons. The maximum Gasteiger partial charge on any atom is 0.0911 e. The second-order valence-electron chi connectivity index (χ2n) is 8.61.